The molecule has 0 unspecified atom stereocenters. The highest BCUT2D eigenvalue weighted by atomic mass is 16.7. The lowest BCUT2D eigenvalue weighted by atomic mass is 9.84. The molecule has 0 radical (unpaired) electrons. The predicted molar refractivity (Wildman–Crippen MR) is 64.5 cm³/mol. The molecular weight excluding hydrogens is 220 g/mol. The zero-order valence-corrected chi connectivity index (χ0v) is 11.1. The van der Waals surface area contributed by atoms with Crippen LogP contribution in [-0.2, 0) is 19.0 Å². The van der Waals surface area contributed by atoms with Crippen molar-refractivity contribution in [2.75, 3.05) is 20.3 Å². The highest BCUT2D eigenvalue weighted by Gasteiger charge is 2.33. The fraction of sp³-hybridized carbons (Fsp3) is 0.769. The molecule has 0 saturated carbocycles. The van der Waals surface area contributed by atoms with Crippen LogP contribution in [0, 0.1) is 5.41 Å². The highest BCUT2D eigenvalue weighted by molar-refractivity contribution is 5.87. The maximum atomic E-state index is 11.4. The van der Waals surface area contributed by atoms with Crippen molar-refractivity contribution in [2.45, 2.75) is 39.9 Å². The summed E-state index contributed by atoms with van der Waals surface area (Å²) in [6, 6.07) is 0. The van der Waals surface area contributed by atoms with Gasteiger partial charge in [-0.15, -0.1) is 0 Å². The van der Waals surface area contributed by atoms with Gasteiger partial charge in [0.15, 0.2) is 6.29 Å². The van der Waals surface area contributed by atoms with Crippen molar-refractivity contribution in [3.63, 3.8) is 0 Å². The zero-order valence-electron chi connectivity index (χ0n) is 11.1. The smallest absolute Gasteiger partial charge is 0.333 e. The van der Waals surface area contributed by atoms with Crippen LogP contribution in [0.1, 0.15) is 33.6 Å². The van der Waals surface area contributed by atoms with Crippen molar-refractivity contribution in [1.29, 1.82) is 0 Å². The van der Waals surface area contributed by atoms with Crippen molar-refractivity contribution >= 4 is 5.97 Å². The first kappa shape index (κ1) is 14.2. The monoisotopic (exact) mass is 242 g/mol. The molecule has 0 aromatic heterocycles. The van der Waals surface area contributed by atoms with Gasteiger partial charge in [-0.25, -0.2) is 4.79 Å². The topological polar surface area (TPSA) is 44.8 Å². The van der Waals surface area contributed by atoms with Crippen LogP contribution in [0.3, 0.4) is 0 Å². The van der Waals surface area contributed by atoms with Crippen LogP contribution < -0.4 is 0 Å². The number of carbonyl (C=O) groups excluding carboxylic acids is 1. The molecule has 1 heterocycles. The standard InChI is InChI=1S/C13H22O4/c1-5-11-16-8-13(6-2,9-17-11)7-10(3)12(14)15-4/h7,11H,5-6,8-9H2,1-4H3. The molecule has 0 spiro atoms. The van der Waals surface area contributed by atoms with E-state index in [4.69, 9.17) is 14.2 Å². The van der Waals surface area contributed by atoms with Gasteiger partial charge in [0.1, 0.15) is 0 Å². The van der Waals surface area contributed by atoms with Crippen LogP contribution >= 0.6 is 0 Å². The van der Waals surface area contributed by atoms with Gasteiger partial charge in [-0.05, 0) is 19.8 Å². The Morgan fingerprint density at radius 2 is 2.00 bits per heavy atom. The molecule has 0 amide bonds. The normalized spacial score (nSPS) is 30.1. The minimum absolute atomic E-state index is 0.110. The minimum atomic E-state index is -0.296. The third-order valence-electron chi connectivity index (χ3n) is 3.18. The quantitative estimate of drug-likeness (QED) is 0.560. The molecule has 4 heteroatoms. The number of hydrogen-bond acceptors (Lipinski definition) is 4. The molecule has 0 N–H and O–H groups in total. The Balaban J connectivity index is 2.74. The van der Waals surface area contributed by atoms with Crippen molar-refractivity contribution < 1.29 is 19.0 Å². The van der Waals surface area contributed by atoms with Gasteiger partial charge in [0, 0.05) is 11.0 Å². The summed E-state index contributed by atoms with van der Waals surface area (Å²) in [5.41, 5.74) is 0.403. The Labute approximate surface area is 103 Å². The summed E-state index contributed by atoms with van der Waals surface area (Å²) in [5, 5.41) is 0. The second kappa shape index (κ2) is 6.17. The van der Waals surface area contributed by atoms with Gasteiger partial charge in [-0.2, -0.15) is 0 Å². The Kier molecular flexibility index (Phi) is 5.15. The highest BCUT2D eigenvalue weighted by Crippen LogP contribution is 2.31. The number of esters is 1. The zero-order chi connectivity index (χ0) is 12.9. The van der Waals surface area contributed by atoms with E-state index in [9.17, 15) is 4.79 Å². The molecule has 98 valence electrons. The third-order valence-corrected chi connectivity index (χ3v) is 3.18. The van der Waals surface area contributed by atoms with Crippen LogP contribution in [0.25, 0.3) is 0 Å². The Morgan fingerprint density at radius 3 is 2.41 bits per heavy atom. The second-order valence-electron chi connectivity index (χ2n) is 4.49. The summed E-state index contributed by atoms with van der Waals surface area (Å²) in [6.07, 6.45) is 3.53. The summed E-state index contributed by atoms with van der Waals surface area (Å²) in [7, 11) is 1.39. The molecule has 1 aliphatic rings. The predicted octanol–water partition coefficient (Wildman–Crippen LogP) is 2.29. The Hall–Kier alpha value is -0.870. The summed E-state index contributed by atoms with van der Waals surface area (Å²) in [6.45, 7) is 7.04. The van der Waals surface area contributed by atoms with Gasteiger partial charge in [0.05, 0.1) is 20.3 Å². The number of hydrogen-bond donors (Lipinski definition) is 0. The first-order valence-corrected chi connectivity index (χ1v) is 6.08. The molecule has 0 aromatic carbocycles. The van der Waals surface area contributed by atoms with Gasteiger partial charge >= 0.3 is 5.97 Å². The van der Waals surface area contributed by atoms with Crippen LogP contribution in [0.15, 0.2) is 11.6 Å². The number of methoxy groups -OCH3 is 1. The molecule has 0 atom stereocenters. The maximum absolute atomic E-state index is 11.4. The number of rotatable bonds is 4. The summed E-state index contributed by atoms with van der Waals surface area (Å²) >= 11 is 0. The van der Waals surface area contributed by atoms with E-state index in [2.05, 4.69) is 6.92 Å². The molecule has 0 aliphatic carbocycles. The average Bonchev–Trinajstić information content (AvgIpc) is 2.38. The van der Waals surface area contributed by atoms with E-state index >= 15 is 0 Å². The van der Waals surface area contributed by atoms with Gasteiger partial charge in [-0.3, -0.25) is 0 Å². The van der Waals surface area contributed by atoms with Crippen LogP contribution in [0.2, 0.25) is 0 Å². The van der Waals surface area contributed by atoms with Crippen molar-refractivity contribution in [1.82, 2.24) is 0 Å². The van der Waals surface area contributed by atoms with Gasteiger partial charge in [0.25, 0.3) is 0 Å². The third kappa shape index (κ3) is 3.54. The number of ether oxygens (including phenoxy) is 3. The SMILES string of the molecule is CCC1OCC(C=C(C)C(=O)OC)(CC)CO1. The van der Waals surface area contributed by atoms with Crippen LogP contribution in [0.4, 0.5) is 0 Å². The molecular formula is C13H22O4. The first-order valence-electron chi connectivity index (χ1n) is 6.08. The average molecular weight is 242 g/mol. The Morgan fingerprint density at radius 1 is 1.41 bits per heavy atom. The maximum Gasteiger partial charge on any atom is 0.333 e. The largest absolute Gasteiger partial charge is 0.466 e. The number of carbonyl (C=O) groups is 1. The van der Waals surface area contributed by atoms with E-state index < -0.39 is 0 Å². The van der Waals surface area contributed by atoms with Crippen LogP contribution in [0.5, 0.6) is 0 Å². The molecule has 17 heavy (non-hydrogen) atoms. The van der Waals surface area contributed by atoms with E-state index in [0.29, 0.717) is 18.8 Å². The van der Waals surface area contributed by atoms with Crippen LogP contribution in [-0.4, -0.2) is 32.6 Å². The fourth-order valence-corrected chi connectivity index (χ4v) is 1.91. The van der Waals surface area contributed by atoms with E-state index in [-0.39, 0.29) is 17.7 Å². The molecule has 0 bridgehead atoms. The first-order chi connectivity index (χ1) is 8.06. The Bertz CT molecular complexity index is 288. The summed E-state index contributed by atoms with van der Waals surface area (Å²) in [4.78, 5) is 11.4. The summed E-state index contributed by atoms with van der Waals surface area (Å²) in [5.74, 6) is -0.296. The lowest BCUT2D eigenvalue weighted by Gasteiger charge is -2.37. The van der Waals surface area contributed by atoms with Gasteiger partial charge < -0.3 is 14.2 Å². The van der Waals surface area contributed by atoms with Crippen molar-refractivity contribution in [3.8, 4) is 0 Å². The van der Waals surface area contributed by atoms with E-state index in [1.165, 1.54) is 7.11 Å². The molecule has 1 aliphatic heterocycles. The lowest BCUT2D eigenvalue weighted by molar-refractivity contribution is -0.219. The summed E-state index contributed by atoms with van der Waals surface area (Å²) < 4.78 is 16.0. The van der Waals surface area contributed by atoms with Crippen molar-refractivity contribution in [3.05, 3.63) is 11.6 Å². The molecule has 1 saturated heterocycles. The van der Waals surface area contributed by atoms with Gasteiger partial charge in [0.2, 0.25) is 0 Å². The second-order valence-corrected chi connectivity index (χ2v) is 4.49. The van der Waals surface area contributed by atoms with E-state index in [1.54, 1.807) is 6.92 Å². The minimum Gasteiger partial charge on any atom is -0.466 e. The van der Waals surface area contributed by atoms with Crippen molar-refractivity contribution in [2.24, 2.45) is 5.41 Å². The van der Waals surface area contributed by atoms with E-state index in [0.717, 1.165) is 12.8 Å². The van der Waals surface area contributed by atoms with E-state index in [1.807, 2.05) is 13.0 Å². The molecule has 0 aromatic rings. The fourth-order valence-electron chi connectivity index (χ4n) is 1.91. The lowest BCUT2D eigenvalue weighted by Crippen LogP contribution is -2.40. The van der Waals surface area contributed by atoms with Gasteiger partial charge in [-0.1, -0.05) is 19.9 Å². The molecule has 1 fully saturated rings. The molecule has 4 nitrogen and oxygen atoms in total. The molecule has 1 rings (SSSR count).